The maximum atomic E-state index is 13.3. The number of carbonyl (C=O) groups excluding carboxylic acids is 3. The van der Waals surface area contributed by atoms with Crippen molar-refractivity contribution in [3.05, 3.63) is 54.1 Å². The van der Waals surface area contributed by atoms with E-state index in [-0.39, 0.29) is 17.7 Å². The number of para-hydroxylation sites is 1. The predicted octanol–water partition coefficient (Wildman–Crippen LogP) is 3.96. The molecule has 0 saturated heterocycles. The Kier molecular flexibility index (Phi) is 6.58. The molecule has 0 spiro atoms. The smallest absolute Gasteiger partial charge is 0.253 e. The third-order valence-electron chi connectivity index (χ3n) is 6.66. The predicted molar refractivity (Wildman–Crippen MR) is 125 cm³/mol. The van der Waals surface area contributed by atoms with E-state index in [9.17, 15) is 14.4 Å². The van der Waals surface area contributed by atoms with Gasteiger partial charge in [-0.3, -0.25) is 14.4 Å². The second-order valence-electron chi connectivity index (χ2n) is 8.94. The summed E-state index contributed by atoms with van der Waals surface area (Å²) < 4.78 is 0. The van der Waals surface area contributed by atoms with Crippen molar-refractivity contribution in [1.29, 1.82) is 0 Å². The molecule has 6 heteroatoms. The van der Waals surface area contributed by atoms with Crippen LogP contribution in [0.4, 0.5) is 5.69 Å². The van der Waals surface area contributed by atoms with E-state index in [1.54, 1.807) is 18.9 Å². The molecule has 2 aromatic carbocycles. The summed E-state index contributed by atoms with van der Waals surface area (Å²) in [5.41, 5.74) is 3.42. The van der Waals surface area contributed by atoms with Crippen LogP contribution in [0.3, 0.4) is 0 Å². The molecule has 1 fully saturated rings. The summed E-state index contributed by atoms with van der Waals surface area (Å²) in [5, 5.41) is 5.72. The third-order valence-corrected chi connectivity index (χ3v) is 6.66. The van der Waals surface area contributed by atoms with Gasteiger partial charge < -0.3 is 15.5 Å². The van der Waals surface area contributed by atoms with Gasteiger partial charge in [-0.25, -0.2) is 0 Å². The van der Waals surface area contributed by atoms with Gasteiger partial charge in [0.15, 0.2) is 0 Å². The molecule has 168 valence electrons. The van der Waals surface area contributed by atoms with Crippen molar-refractivity contribution in [2.24, 2.45) is 5.92 Å². The minimum atomic E-state index is -0.825. The first kappa shape index (κ1) is 22.1. The zero-order chi connectivity index (χ0) is 22.7. The molecule has 2 atom stereocenters. The minimum Gasteiger partial charge on any atom is -0.345 e. The molecule has 1 saturated carbocycles. The lowest BCUT2D eigenvalue weighted by Crippen LogP contribution is -2.49. The molecule has 1 aliphatic carbocycles. The highest BCUT2D eigenvalue weighted by molar-refractivity contribution is 6.06. The van der Waals surface area contributed by atoms with Crippen LogP contribution in [-0.4, -0.2) is 30.8 Å². The van der Waals surface area contributed by atoms with Gasteiger partial charge in [0, 0.05) is 19.0 Å². The Morgan fingerprint density at radius 3 is 2.41 bits per heavy atom. The maximum Gasteiger partial charge on any atom is 0.253 e. The highest BCUT2D eigenvalue weighted by Gasteiger charge is 2.34. The van der Waals surface area contributed by atoms with E-state index < -0.39 is 12.1 Å². The van der Waals surface area contributed by atoms with Crippen LogP contribution in [0.5, 0.6) is 0 Å². The van der Waals surface area contributed by atoms with Crippen LogP contribution < -0.4 is 15.5 Å². The number of hydrogen-bond acceptors (Lipinski definition) is 3. The van der Waals surface area contributed by atoms with Crippen molar-refractivity contribution >= 4 is 23.4 Å². The number of nitrogens with zero attached hydrogens (tertiary/aromatic N) is 1. The minimum absolute atomic E-state index is 0.100. The van der Waals surface area contributed by atoms with Gasteiger partial charge in [-0.05, 0) is 42.9 Å². The Bertz CT molecular complexity index is 1010. The Morgan fingerprint density at radius 1 is 1.00 bits per heavy atom. The van der Waals surface area contributed by atoms with E-state index in [0.29, 0.717) is 12.3 Å². The molecule has 6 nitrogen and oxygen atoms in total. The molecule has 1 heterocycles. The lowest BCUT2D eigenvalue weighted by atomic mass is 9.87. The molecule has 32 heavy (non-hydrogen) atoms. The van der Waals surface area contributed by atoms with Crippen molar-refractivity contribution in [1.82, 2.24) is 10.6 Å². The number of fused-ring (bicyclic) bond motifs is 3. The first-order chi connectivity index (χ1) is 15.5. The van der Waals surface area contributed by atoms with Gasteiger partial charge in [0.1, 0.15) is 12.1 Å². The fraction of sp³-hybridized carbons (Fsp3) is 0.423. The van der Waals surface area contributed by atoms with Gasteiger partial charge in [-0.1, -0.05) is 61.7 Å². The van der Waals surface area contributed by atoms with Gasteiger partial charge in [0.25, 0.3) is 5.91 Å². The molecular weight excluding hydrogens is 402 g/mol. The fourth-order valence-electron chi connectivity index (χ4n) is 4.86. The number of amides is 3. The van der Waals surface area contributed by atoms with Gasteiger partial charge in [0.2, 0.25) is 11.8 Å². The monoisotopic (exact) mass is 433 g/mol. The molecule has 0 bridgehead atoms. The normalized spacial score (nSPS) is 19.4. The van der Waals surface area contributed by atoms with Crippen molar-refractivity contribution in [2.75, 3.05) is 11.9 Å². The molecule has 4 rings (SSSR count). The molecule has 2 aromatic rings. The molecule has 1 aliphatic heterocycles. The summed E-state index contributed by atoms with van der Waals surface area (Å²) in [5.74, 6) is -0.274. The first-order valence-corrected chi connectivity index (χ1v) is 11.5. The molecular formula is C26H31N3O3. The molecule has 3 amide bonds. The number of hydrogen-bond donors (Lipinski definition) is 2. The molecule has 0 radical (unpaired) electrons. The number of nitrogens with one attached hydrogen (secondary N) is 2. The number of carbonyl (C=O) groups is 3. The van der Waals surface area contributed by atoms with Crippen LogP contribution in [-0.2, 0) is 14.4 Å². The lowest BCUT2D eigenvalue weighted by molar-refractivity contribution is -0.131. The second kappa shape index (κ2) is 9.55. The summed E-state index contributed by atoms with van der Waals surface area (Å²) >= 11 is 0. The summed E-state index contributed by atoms with van der Waals surface area (Å²) in [6, 6.07) is 13.8. The molecule has 0 aromatic heterocycles. The van der Waals surface area contributed by atoms with Crippen molar-refractivity contribution in [3.63, 3.8) is 0 Å². The SMILES string of the molecule is CC(NC(=O)CC1CCCCC1)C(=O)NC1C(=O)N(C)c2ccccc2-c2ccccc21. The quantitative estimate of drug-likeness (QED) is 0.749. The van der Waals surface area contributed by atoms with Crippen molar-refractivity contribution in [2.45, 2.75) is 57.5 Å². The topological polar surface area (TPSA) is 78.5 Å². The zero-order valence-electron chi connectivity index (χ0n) is 18.8. The number of anilines is 1. The summed E-state index contributed by atoms with van der Waals surface area (Å²) in [6.07, 6.45) is 6.20. The molecule has 2 unspecified atom stereocenters. The van der Waals surface area contributed by atoms with Crippen LogP contribution in [0, 0.1) is 5.92 Å². The first-order valence-electron chi connectivity index (χ1n) is 11.5. The number of benzene rings is 2. The van der Waals surface area contributed by atoms with Crippen molar-refractivity contribution < 1.29 is 14.4 Å². The Morgan fingerprint density at radius 2 is 1.66 bits per heavy atom. The second-order valence-corrected chi connectivity index (χ2v) is 8.94. The highest BCUT2D eigenvalue weighted by atomic mass is 16.2. The van der Waals surface area contributed by atoms with Crippen LogP contribution >= 0.6 is 0 Å². The summed E-state index contributed by atoms with van der Waals surface area (Å²) in [7, 11) is 1.72. The largest absolute Gasteiger partial charge is 0.345 e. The van der Waals surface area contributed by atoms with Crippen LogP contribution in [0.1, 0.15) is 57.1 Å². The van der Waals surface area contributed by atoms with Gasteiger partial charge >= 0.3 is 0 Å². The summed E-state index contributed by atoms with van der Waals surface area (Å²) in [6.45, 7) is 1.67. The van der Waals surface area contributed by atoms with Crippen LogP contribution in [0.2, 0.25) is 0 Å². The average molecular weight is 434 g/mol. The fourth-order valence-corrected chi connectivity index (χ4v) is 4.86. The number of likely N-dealkylation sites (N-methyl/N-ethyl adjacent to an activating group) is 1. The average Bonchev–Trinajstić information content (AvgIpc) is 2.89. The molecule has 2 N–H and O–H groups in total. The number of rotatable bonds is 5. The maximum absolute atomic E-state index is 13.3. The van der Waals surface area contributed by atoms with Gasteiger partial charge in [0.05, 0.1) is 5.69 Å². The lowest BCUT2D eigenvalue weighted by Gasteiger charge is -2.25. The Labute approximate surface area is 189 Å². The van der Waals surface area contributed by atoms with E-state index in [2.05, 4.69) is 10.6 Å². The van der Waals surface area contributed by atoms with Crippen LogP contribution in [0.25, 0.3) is 11.1 Å². The zero-order valence-corrected chi connectivity index (χ0v) is 18.8. The van der Waals surface area contributed by atoms with E-state index in [0.717, 1.165) is 35.2 Å². The highest BCUT2D eigenvalue weighted by Crippen LogP contribution is 2.39. The van der Waals surface area contributed by atoms with Crippen LogP contribution in [0.15, 0.2) is 48.5 Å². The Balaban J connectivity index is 1.50. The van der Waals surface area contributed by atoms with E-state index in [1.807, 2.05) is 48.5 Å². The van der Waals surface area contributed by atoms with Crippen molar-refractivity contribution in [3.8, 4) is 11.1 Å². The van der Waals surface area contributed by atoms with E-state index >= 15 is 0 Å². The van der Waals surface area contributed by atoms with E-state index in [4.69, 9.17) is 0 Å². The standard InChI is InChI=1S/C26H31N3O3/c1-17(27-23(30)16-18-10-4-3-5-11-18)25(31)28-24-21-14-7-6-12-19(21)20-13-8-9-15-22(20)29(2)26(24)32/h6-9,12-15,17-18,24H,3-5,10-11,16H2,1-2H3,(H,27,30)(H,28,31). The third kappa shape index (κ3) is 4.54. The summed E-state index contributed by atoms with van der Waals surface area (Å²) in [4.78, 5) is 40.4. The van der Waals surface area contributed by atoms with Gasteiger partial charge in [-0.2, -0.15) is 0 Å². The van der Waals surface area contributed by atoms with E-state index in [1.165, 1.54) is 19.3 Å². The van der Waals surface area contributed by atoms with Gasteiger partial charge in [-0.15, -0.1) is 0 Å². The Hall–Kier alpha value is -3.15. The molecule has 2 aliphatic rings.